The van der Waals surface area contributed by atoms with E-state index in [9.17, 15) is 24.0 Å². The molecular weight excluding hydrogens is 819 g/mol. The molecule has 6 amide bonds. The first-order valence-corrected chi connectivity index (χ1v) is 20.9. The molecule has 0 spiro atoms. The van der Waals surface area contributed by atoms with Gasteiger partial charge in [0.25, 0.3) is 5.91 Å². The number of amides is 6. The van der Waals surface area contributed by atoms with Crippen molar-refractivity contribution in [3.63, 3.8) is 0 Å². The predicted octanol–water partition coefficient (Wildman–Crippen LogP) is 4.85. The summed E-state index contributed by atoms with van der Waals surface area (Å²) in [5, 5.41) is 20.2. The summed E-state index contributed by atoms with van der Waals surface area (Å²) in [5.41, 5.74) is 1.01. The van der Waals surface area contributed by atoms with Crippen molar-refractivity contribution in [1.29, 1.82) is 5.26 Å². The molecule has 4 fully saturated rings. The van der Waals surface area contributed by atoms with E-state index in [1.807, 2.05) is 24.3 Å². The summed E-state index contributed by atoms with van der Waals surface area (Å²) in [6.45, 7) is 11.0. The fourth-order valence-corrected chi connectivity index (χ4v) is 10.2. The number of urea groups is 1. The summed E-state index contributed by atoms with van der Waals surface area (Å²) in [5.74, 6) is -1.60. The van der Waals surface area contributed by atoms with E-state index < -0.39 is 11.5 Å². The Kier molecular flexibility index (Phi) is 13.6. The third-order valence-corrected chi connectivity index (χ3v) is 13.0. The molecule has 2 aromatic heterocycles. The van der Waals surface area contributed by atoms with Crippen LogP contribution in [0.5, 0.6) is 0 Å². The Morgan fingerprint density at radius 2 is 1.81 bits per heavy atom. The quantitative estimate of drug-likeness (QED) is 0.152. The number of anilines is 1. The van der Waals surface area contributed by atoms with Crippen molar-refractivity contribution in [3.8, 4) is 6.07 Å². The highest BCUT2D eigenvalue weighted by Gasteiger charge is 2.54. The molecule has 59 heavy (non-hydrogen) atoms. The van der Waals surface area contributed by atoms with Crippen molar-refractivity contribution in [1.82, 2.24) is 39.1 Å². The second-order valence-electron chi connectivity index (χ2n) is 16.2. The molecule has 3 aliphatic heterocycles. The number of hydrogen-bond acceptors (Lipinski definition) is 12. The number of nitriles is 1. The van der Waals surface area contributed by atoms with Crippen LogP contribution < -0.4 is 10.6 Å². The van der Waals surface area contributed by atoms with Crippen LogP contribution in [-0.4, -0.2) is 126 Å². The molecular formula is C40H50Cl2N10O6S. The van der Waals surface area contributed by atoms with Gasteiger partial charge in [-0.05, 0) is 71.9 Å². The van der Waals surface area contributed by atoms with Crippen molar-refractivity contribution in [2.24, 2.45) is 7.05 Å². The molecule has 19 heteroatoms. The smallest absolute Gasteiger partial charge is 0.338 e. The molecule has 3 atom stereocenters. The summed E-state index contributed by atoms with van der Waals surface area (Å²) in [7, 11) is 1.79. The third-order valence-electron chi connectivity index (χ3n) is 11.8. The number of benzene rings is 1. The molecule has 3 saturated heterocycles. The van der Waals surface area contributed by atoms with Gasteiger partial charge in [-0.1, -0.05) is 23.7 Å². The molecule has 316 valence electrons. The lowest BCUT2D eigenvalue weighted by Gasteiger charge is -2.44. The highest BCUT2D eigenvalue weighted by Crippen LogP contribution is 2.41. The van der Waals surface area contributed by atoms with Crippen LogP contribution in [0.4, 0.5) is 10.5 Å². The summed E-state index contributed by atoms with van der Waals surface area (Å²) >= 11 is 7.11. The average molecular weight is 870 g/mol. The van der Waals surface area contributed by atoms with E-state index in [1.54, 1.807) is 30.5 Å². The Labute approximate surface area is 358 Å². The zero-order chi connectivity index (χ0) is 41.5. The van der Waals surface area contributed by atoms with Crippen LogP contribution in [0.3, 0.4) is 0 Å². The van der Waals surface area contributed by atoms with Gasteiger partial charge in [-0.25, -0.2) is 9.78 Å². The molecule has 1 aliphatic carbocycles. The highest BCUT2D eigenvalue weighted by atomic mass is 35.5. The maximum absolute atomic E-state index is 13.6. The van der Waals surface area contributed by atoms with Crippen molar-refractivity contribution in [2.75, 3.05) is 38.1 Å². The van der Waals surface area contributed by atoms with Gasteiger partial charge in [0.15, 0.2) is 5.69 Å². The van der Waals surface area contributed by atoms with E-state index >= 15 is 0 Å². The minimum atomic E-state index is -1.01. The lowest BCUT2D eigenvalue weighted by Crippen LogP contribution is -2.58. The van der Waals surface area contributed by atoms with Crippen LogP contribution in [-0.2, 0) is 31.0 Å². The lowest BCUT2D eigenvalue weighted by atomic mass is 9.89. The van der Waals surface area contributed by atoms with E-state index in [0.717, 1.165) is 68.2 Å². The van der Waals surface area contributed by atoms with Crippen LogP contribution in [0.15, 0.2) is 35.4 Å². The second kappa shape index (κ2) is 18.1. The van der Waals surface area contributed by atoms with Crippen LogP contribution >= 0.6 is 36.0 Å². The number of rotatable bonds is 11. The Morgan fingerprint density at radius 3 is 2.47 bits per heavy atom. The van der Waals surface area contributed by atoms with E-state index in [0.29, 0.717) is 29.3 Å². The number of ether oxygens (including phenoxy) is 1. The first kappa shape index (κ1) is 44.2. The average Bonchev–Trinajstić information content (AvgIpc) is 3.59. The van der Waals surface area contributed by atoms with Gasteiger partial charge in [-0.3, -0.25) is 39.0 Å². The minimum Gasteiger partial charge on any atom is -0.377 e. The Bertz CT molecular complexity index is 2160. The van der Waals surface area contributed by atoms with Gasteiger partial charge >= 0.3 is 6.03 Å². The van der Waals surface area contributed by atoms with Gasteiger partial charge in [-0.2, -0.15) is 14.7 Å². The summed E-state index contributed by atoms with van der Waals surface area (Å²) in [6, 6.07) is 8.81. The predicted molar refractivity (Wildman–Crippen MR) is 224 cm³/mol. The van der Waals surface area contributed by atoms with Gasteiger partial charge in [0.1, 0.15) is 11.6 Å². The number of hydrogen-bond donors (Lipinski definition) is 2. The number of carbonyl (C=O) groups excluding carboxylic acids is 5. The van der Waals surface area contributed by atoms with Crippen LogP contribution in [0.2, 0.25) is 5.02 Å². The molecule has 2 N–H and O–H groups in total. The van der Waals surface area contributed by atoms with Crippen LogP contribution in [0.25, 0.3) is 10.9 Å². The maximum atomic E-state index is 13.6. The number of piperidine rings is 1. The first-order chi connectivity index (χ1) is 27.7. The Balaban J connectivity index is 0.00000585. The SMILES string of the molecule is C[C@@H]1CN(CCOC2CCC(N3C(=O)N(Sc4cnc(C#N)c(Cl)c4)C(=O)C3(C)C)CC2)C[C@H](C)N1CC(=O)Nc1cccc2c(C3CCC(=O)NC3=O)nn(C)c12.Cl. The fraction of sp³-hybridized carbons (Fsp3) is 0.550. The fourth-order valence-electron chi connectivity index (χ4n) is 8.94. The number of halogens is 2. The number of aryl methyl sites for hydroxylation is 1. The van der Waals surface area contributed by atoms with Gasteiger partial charge < -0.3 is 15.0 Å². The minimum absolute atomic E-state index is 0. The standard InChI is InChI=1S/C40H49ClN10O6S.ClH/c1-23-20-48(21-24(2)49(23)22-34(53)44-31-8-6-7-28-35(46-47(5)36(28)31)29-13-14-33(52)45-37(29)54)15-16-57-26-11-9-25(10-12-26)50-39(56)51(38(55)40(50,3)4)58-27-17-30(41)32(18-42)43-19-27;/h6-8,17,19,23-26,29H,9-16,20-22H2,1-5H3,(H,44,53)(H,45,52,54);1H/t23-,24+,25?,26?,29?;. The van der Waals surface area contributed by atoms with Crippen molar-refractivity contribution >= 4 is 82.2 Å². The maximum Gasteiger partial charge on any atom is 0.338 e. The van der Waals surface area contributed by atoms with Crippen LogP contribution in [0.1, 0.15) is 83.5 Å². The second-order valence-corrected chi connectivity index (χ2v) is 17.6. The molecule has 1 aromatic carbocycles. The normalized spacial score (nSPS) is 25.2. The summed E-state index contributed by atoms with van der Waals surface area (Å²) < 4.78 is 9.21. The zero-order valence-electron chi connectivity index (χ0n) is 33.8. The van der Waals surface area contributed by atoms with Gasteiger partial charge in [-0.15, -0.1) is 12.4 Å². The van der Waals surface area contributed by atoms with Crippen LogP contribution in [0, 0.1) is 11.3 Å². The number of nitrogens with one attached hydrogen (secondary N) is 2. The molecule has 7 rings (SSSR count). The largest absolute Gasteiger partial charge is 0.377 e. The molecule has 16 nitrogen and oxygen atoms in total. The zero-order valence-corrected chi connectivity index (χ0v) is 36.2. The number of pyridine rings is 1. The summed E-state index contributed by atoms with van der Waals surface area (Å²) in [6.07, 6.45) is 5.16. The molecule has 3 aromatic rings. The molecule has 0 bridgehead atoms. The van der Waals surface area contributed by atoms with E-state index in [2.05, 4.69) is 44.4 Å². The number of carbonyl (C=O) groups is 5. The number of imide groups is 2. The van der Waals surface area contributed by atoms with Crippen molar-refractivity contribution < 1.29 is 28.7 Å². The van der Waals surface area contributed by atoms with Gasteiger partial charge in [0, 0.05) is 79.7 Å². The Morgan fingerprint density at radius 1 is 1.10 bits per heavy atom. The van der Waals surface area contributed by atoms with Gasteiger partial charge in [0.05, 0.1) is 47.1 Å². The molecule has 1 saturated carbocycles. The Hall–Kier alpha value is -4.31. The van der Waals surface area contributed by atoms with Crippen molar-refractivity contribution in [3.05, 3.63) is 46.9 Å². The van der Waals surface area contributed by atoms with Crippen molar-refractivity contribution in [2.45, 2.75) is 107 Å². The molecule has 4 aliphatic rings. The van der Waals surface area contributed by atoms with E-state index in [1.165, 1.54) is 16.6 Å². The molecule has 0 radical (unpaired) electrons. The third kappa shape index (κ3) is 9.08. The monoisotopic (exact) mass is 868 g/mol. The topological polar surface area (TPSA) is 186 Å². The highest BCUT2D eigenvalue weighted by molar-refractivity contribution is 7.98. The molecule has 5 heterocycles. The number of aromatic nitrogens is 3. The van der Waals surface area contributed by atoms with Gasteiger partial charge in [0.2, 0.25) is 17.7 Å². The summed E-state index contributed by atoms with van der Waals surface area (Å²) in [4.78, 5) is 75.7. The molecule has 1 unspecified atom stereocenters. The first-order valence-electron chi connectivity index (χ1n) is 19.8. The lowest BCUT2D eigenvalue weighted by molar-refractivity contribution is -0.134. The number of nitrogens with zero attached hydrogens (tertiary/aromatic N) is 8. The number of piperazine rings is 1. The van der Waals surface area contributed by atoms with E-state index in [-0.39, 0.29) is 90.0 Å². The van der Waals surface area contributed by atoms with E-state index in [4.69, 9.17) is 21.6 Å². The number of para-hydroxylation sites is 1. The number of fused-ring (bicyclic) bond motifs is 1.